The van der Waals surface area contributed by atoms with Crippen molar-refractivity contribution in [1.29, 1.82) is 0 Å². The van der Waals surface area contributed by atoms with Gasteiger partial charge < -0.3 is 18.9 Å². The van der Waals surface area contributed by atoms with E-state index in [1.807, 2.05) is 24.5 Å². The van der Waals surface area contributed by atoms with Gasteiger partial charge in [-0.3, -0.25) is 9.13 Å². The molecule has 0 bridgehead atoms. The van der Waals surface area contributed by atoms with Gasteiger partial charge in [-0.15, -0.1) is 0 Å². The minimum atomic E-state index is -0.361. The lowest BCUT2D eigenvalue weighted by Gasteiger charge is -2.03. The van der Waals surface area contributed by atoms with Crippen molar-refractivity contribution in [2.75, 3.05) is 28.4 Å². The van der Waals surface area contributed by atoms with Crippen LogP contribution >= 0.6 is 12.2 Å². The van der Waals surface area contributed by atoms with E-state index in [1.54, 1.807) is 68.8 Å². The van der Waals surface area contributed by atoms with E-state index < -0.39 is 0 Å². The monoisotopic (exact) mass is 421 g/mol. The van der Waals surface area contributed by atoms with Crippen molar-refractivity contribution in [1.82, 2.24) is 14.1 Å². The van der Waals surface area contributed by atoms with Gasteiger partial charge in [0.1, 0.15) is 0 Å². The van der Waals surface area contributed by atoms with Crippen LogP contribution in [0.1, 0.15) is 7.43 Å². The van der Waals surface area contributed by atoms with E-state index in [2.05, 4.69) is 9.72 Å². The van der Waals surface area contributed by atoms with Gasteiger partial charge in [-0.1, -0.05) is 7.43 Å². The van der Waals surface area contributed by atoms with Crippen molar-refractivity contribution in [2.45, 2.75) is 7.43 Å². The molecule has 0 aromatic carbocycles. The Morgan fingerprint density at radius 1 is 0.862 bits per heavy atom. The summed E-state index contributed by atoms with van der Waals surface area (Å²) >= 11 is 4.82. The largest absolute Gasteiger partial charge is 0.491 e. The van der Waals surface area contributed by atoms with E-state index in [9.17, 15) is 4.79 Å². The number of rotatable bonds is 2. The average Bonchev–Trinajstić information content (AvgIpc) is 3.47. The van der Waals surface area contributed by atoms with E-state index in [0.29, 0.717) is 16.8 Å². The minimum Gasteiger partial charge on any atom is -0.491 e. The maximum absolute atomic E-state index is 10.6. The molecule has 0 fully saturated rings. The predicted octanol–water partition coefficient (Wildman–Crippen LogP) is 4.11. The summed E-state index contributed by atoms with van der Waals surface area (Å²) in [5, 5.41) is 0.472. The summed E-state index contributed by atoms with van der Waals surface area (Å²) in [4.78, 5) is 14.5. The summed E-state index contributed by atoms with van der Waals surface area (Å²) < 4.78 is 22.1. The predicted molar refractivity (Wildman–Crippen MR) is 116 cm³/mol. The third kappa shape index (κ3) is 8.93. The molecule has 3 heterocycles. The Morgan fingerprint density at radius 2 is 1.41 bits per heavy atom. The molecule has 0 unspecified atom stereocenters. The molecule has 3 aromatic heterocycles. The second-order valence-electron chi connectivity index (χ2n) is 4.84. The summed E-state index contributed by atoms with van der Waals surface area (Å²) in [6.07, 6.45) is 8.23. The molecule has 0 aliphatic carbocycles. The van der Waals surface area contributed by atoms with Crippen LogP contribution in [0.2, 0.25) is 0 Å². The lowest BCUT2D eigenvalue weighted by Crippen LogP contribution is -2.07. The first-order valence-corrected chi connectivity index (χ1v) is 8.43. The van der Waals surface area contributed by atoms with Crippen molar-refractivity contribution in [3.63, 3.8) is 0 Å². The number of carbonyl (C=O) groups excluding carboxylic acids is 1. The molecule has 0 radical (unpaired) electrons. The summed E-state index contributed by atoms with van der Waals surface area (Å²) in [7, 11) is 6.05. The lowest BCUT2D eigenvalue weighted by atomic mass is 10.4. The summed E-state index contributed by atoms with van der Waals surface area (Å²) in [6, 6.07) is 10.9. The Balaban J connectivity index is 0.000000399. The molecule has 0 aliphatic rings. The number of hydrogen-bond acceptors (Lipinski definition) is 7. The Bertz CT molecular complexity index is 751. The Kier molecular flexibility index (Phi) is 13.0. The highest BCUT2D eigenvalue weighted by molar-refractivity contribution is 7.80. The fourth-order valence-electron chi connectivity index (χ4n) is 1.81. The molecule has 0 saturated heterocycles. The minimum absolute atomic E-state index is 0. The molecular weight excluding hydrogens is 394 g/mol. The second kappa shape index (κ2) is 14.7. The number of ether oxygens (including phenoxy) is 4. The molecule has 0 aliphatic heterocycles. The molecule has 8 nitrogen and oxygen atoms in total. The van der Waals surface area contributed by atoms with Gasteiger partial charge in [0, 0.05) is 31.0 Å². The summed E-state index contributed by atoms with van der Waals surface area (Å²) in [5.41, 5.74) is 0. The molecule has 0 atom stereocenters. The smallest absolute Gasteiger partial charge is 0.417 e. The fourth-order valence-corrected chi connectivity index (χ4v) is 1.93. The lowest BCUT2D eigenvalue weighted by molar-refractivity contribution is 0.173. The zero-order valence-electron chi connectivity index (χ0n) is 16.1. The first-order chi connectivity index (χ1) is 13.6. The van der Waals surface area contributed by atoms with Crippen LogP contribution in [-0.2, 0) is 9.47 Å². The number of thiocarbonyl (C=S) groups is 1. The maximum Gasteiger partial charge on any atom is 0.417 e. The standard InChI is InChI=1S/C7H9NO2.C6H7NO2.C6H7NOS.CH4/c1-9-6-4-3-5-8-7(6)10-2;1-9-6(8)7-4-2-3-5-7;1-8-6(9)7-4-2-3-5-7;/h3-5H,1-2H3;2*2-5H,1H3;1H4. The van der Waals surface area contributed by atoms with Crippen LogP contribution in [0.4, 0.5) is 4.79 Å². The highest BCUT2D eigenvalue weighted by Crippen LogP contribution is 2.21. The molecule has 3 aromatic rings. The fraction of sp³-hybridized carbons (Fsp3) is 0.250. The highest BCUT2D eigenvalue weighted by Gasteiger charge is 1.99. The molecule has 0 spiro atoms. The van der Waals surface area contributed by atoms with Crippen molar-refractivity contribution >= 4 is 23.5 Å². The van der Waals surface area contributed by atoms with Crippen molar-refractivity contribution in [3.8, 4) is 11.6 Å². The van der Waals surface area contributed by atoms with Gasteiger partial charge in [0.2, 0.25) is 0 Å². The van der Waals surface area contributed by atoms with E-state index in [0.717, 1.165) is 0 Å². The van der Waals surface area contributed by atoms with Crippen LogP contribution in [0, 0.1) is 0 Å². The molecular formula is C20H27N3O5S. The van der Waals surface area contributed by atoms with Gasteiger partial charge in [0.05, 0.1) is 28.4 Å². The third-order valence-electron chi connectivity index (χ3n) is 3.13. The quantitative estimate of drug-likeness (QED) is 0.577. The number of nitrogens with zero attached hydrogens (tertiary/aromatic N) is 3. The van der Waals surface area contributed by atoms with Crippen LogP contribution in [0.15, 0.2) is 67.4 Å². The van der Waals surface area contributed by atoms with Crippen LogP contribution in [0.5, 0.6) is 11.6 Å². The summed E-state index contributed by atoms with van der Waals surface area (Å²) in [6.45, 7) is 0. The first-order valence-electron chi connectivity index (χ1n) is 8.02. The normalized spacial score (nSPS) is 8.69. The van der Waals surface area contributed by atoms with E-state index in [-0.39, 0.29) is 13.5 Å². The van der Waals surface area contributed by atoms with Crippen LogP contribution in [0.3, 0.4) is 0 Å². The second-order valence-corrected chi connectivity index (χ2v) is 5.18. The first kappa shape index (κ1) is 25.7. The zero-order valence-corrected chi connectivity index (χ0v) is 17.0. The Hall–Kier alpha value is -3.33. The van der Waals surface area contributed by atoms with Crippen molar-refractivity contribution in [2.24, 2.45) is 0 Å². The van der Waals surface area contributed by atoms with Gasteiger partial charge >= 0.3 is 6.09 Å². The third-order valence-corrected chi connectivity index (χ3v) is 3.51. The molecule has 0 N–H and O–H groups in total. The maximum atomic E-state index is 10.6. The summed E-state index contributed by atoms with van der Waals surface area (Å²) in [5.74, 6) is 1.18. The zero-order chi connectivity index (χ0) is 20.8. The molecule has 158 valence electrons. The van der Waals surface area contributed by atoms with Gasteiger partial charge in [-0.05, 0) is 48.6 Å². The molecule has 0 saturated carbocycles. The van der Waals surface area contributed by atoms with Crippen LogP contribution in [0.25, 0.3) is 0 Å². The van der Waals surface area contributed by atoms with E-state index in [1.165, 1.54) is 11.7 Å². The molecule has 29 heavy (non-hydrogen) atoms. The van der Waals surface area contributed by atoms with Crippen LogP contribution in [-0.4, -0.2) is 53.8 Å². The highest BCUT2D eigenvalue weighted by atomic mass is 32.1. The van der Waals surface area contributed by atoms with Crippen LogP contribution < -0.4 is 9.47 Å². The number of aromatic nitrogens is 3. The van der Waals surface area contributed by atoms with Gasteiger partial charge in [-0.2, -0.15) is 0 Å². The average molecular weight is 422 g/mol. The van der Waals surface area contributed by atoms with Gasteiger partial charge in [0.25, 0.3) is 11.1 Å². The van der Waals surface area contributed by atoms with Gasteiger partial charge in [-0.25, -0.2) is 9.78 Å². The van der Waals surface area contributed by atoms with Crippen molar-refractivity contribution < 1.29 is 23.7 Å². The Morgan fingerprint density at radius 3 is 1.83 bits per heavy atom. The van der Waals surface area contributed by atoms with E-state index in [4.69, 9.17) is 26.4 Å². The molecule has 0 amide bonds. The van der Waals surface area contributed by atoms with Gasteiger partial charge in [0.15, 0.2) is 5.75 Å². The number of carbonyl (C=O) groups is 1. The number of methoxy groups -OCH3 is 4. The topological polar surface area (TPSA) is 76.7 Å². The SMILES string of the molecule is C.COC(=O)n1cccc1.COC(=S)n1cccc1.COc1cccnc1OC. The number of hydrogen-bond donors (Lipinski definition) is 0. The van der Waals surface area contributed by atoms with Crippen molar-refractivity contribution in [3.05, 3.63) is 67.4 Å². The molecule has 3 rings (SSSR count). The Labute approximate surface area is 176 Å². The number of pyridine rings is 1. The van der Waals surface area contributed by atoms with E-state index >= 15 is 0 Å². The molecule has 9 heteroatoms.